The average Bonchev–Trinajstić information content (AvgIpc) is 2.84. The van der Waals surface area contributed by atoms with E-state index in [2.05, 4.69) is 27.1 Å². The lowest BCUT2D eigenvalue weighted by molar-refractivity contribution is 0.231. The number of anilines is 1. The van der Waals surface area contributed by atoms with Crippen molar-refractivity contribution in [3.8, 4) is 5.88 Å². The van der Waals surface area contributed by atoms with Crippen molar-refractivity contribution in [2.45, 2.75) is 45.8 Å². The fourth-order valence-electron chi connectivity index (χ4n) is 2.44. The van der Waals surface area contributed by atoms with E-state index < -0.39 is 0 Å². The van der Waals surface area contributed by atoms with Gasteiger partial charge in [-0.1, -0.05) is 6.92 Å². The first-order chi connectivity index (χ1) is 9.20. The van der Waals surface area contributed by atoms with Crippen molar-refractivity contribution in [2.24, 2.45) is 0 Å². The maximum atomic E-state index is 5.61. The molecular formula is C14H24N4O. The molecule has 1 aliphatic rings. The van der Waals surface area contributed by atoms with E-state index in [1.54, 1.807) is 6.20 Å². The summed E-state index contributed by atoms with van der Waals surface area (Å²) in [5.41, 5.74) is 0. The minimum absolute atomic E-state index is 0.126. The van der Waals surface area contributed by atoms with E-state index in [0.717, 1.165) is 25.5 Å². The number of hydrogen-bond donors (Lipinski definition) is 1. The maximum absolute atomic E-state index is 5.61. The highest BCUT2D eigenvalue weighted by Gasteiger charge is 2.25. The van der Waals surface area contributed by atoms with Gasteiger partial charge in [0.25, 0.3) is 0 Å². The van der Waals surface area contributed by atoms with Crippen LogP contribution in [0.2, 0.25) is 0 Å². The van der Waals surface area contributed by atoms with Crippen molar-refractivity contribution in [1.29, 1.82) is 0 Å². The summed E-state index contributed by atoms with van der Waals surface area (Å²) in [7, 11) is 0. The minimum atomic E-state index is 0.126. The van der Waals surface area contributed by atoms with Crippen LogP contribution in [0.25, 0.3) is 0 Å². The topological polar surface area (TPSA) is 50.3 Å². The monoisotopic (exact) mass is 264 g/mol. The third-order valence-corrected chi connectivity index (χ3v) is 3.26. The summed E-state index contributed by atoms with van der Waals surface area (Å²) < 4.78 is 5.61. The van der Waals surface area contributed by atoms with Crippen LogP contribution in [0.1, 0.15) is 33.6 Å². The Hall–Kier alpha value is -1.36. The summed E-state index contributed by atoms with van der Waals surface area (Å²) in [6.07, 6.45) is 6.06. The zero-order valence-electron chi connectivity index (χ0n) is 12.1. The molecule has 106 valence electrons. The Balaban J connectivity index is 2.07. The molecule has 0 bridgehead atoms. The second kappa shape index (κ2) is 6.70. The smallest absolute Gasteiger partial charge is 0.234 e. The fraction of sp³-hybridized carbons (Fsp3) is 0.714. The SMILES string of the molecule is CCNCC1CCCN1c1cncc(OC(C)C)n1. The molecule has 0 spiro atoms. The summed E-state index contributed by atoms with van der Waals surface area (Å²) in [4.78, 5) is 11.2. The summed E-state index contributed by atoms with van der Waals surface area (Å²) in [5.74, 6) is 1.54. The Labute approximate surface area is 115 Å². The Morgan fingerprint density at radius 3 is 3.05 bits per heavy atom. The second-order valence-corrected chi connectivity index (χ2v) is 5.18. The lowest BCUT2D eigenvalue weighted by Crippen LogP contribution is -2.38. The number of likely N-dealkylation sites (N-methyl/N-ethyl adjacent to an activating group) is 1. The van der Waals surface area contributed by atoms with E-state index >= 15 is 0 Å². The van der Waals surface area contributed by atoms with Gasteiger partial charge in [-0.15, -0.1) is 0 Å². The molecule has 5 nitrogen and oxygen atoms in total. The van der Waals surface area contributed by atoms with Gasteiger partial charge in [0.05, 0.1) is 18.5 Å². The number of rotatable bonds is 6. The molecule has 1 fully saturated rings. The first-order valence-electron chi connectivity index (χ1n) is 7.16. The number of aromatic nitrogens is 2. The molecule has 0 saturated carbocycles. The molecule has 1 unspecified atom stereocenters. The van der Waals surface area contributed by atoms with Crippen molar-refractivity contribution in [2.75, 3.05) is 24.5 Å². The Bertz CT molecular complexity index is 397. The Kier molecular flexibility index (Phi) is 4.96. The molecule has 1 aromatic heterocycles. The molecule has 0 aromatic carbocycles. The zero-order valence-corrected chi connectivity index (χ0v) is 12.1. The van der Waals surface area contributed by atoms with Crippen LogP contribution in [0.4, 0.5) is 5.82 Å². The van der Waals surface area contributed by atoms with Gasteiger partial charge in [-0.3, -0.25) is 4.98 Å². The van der Waals surface area contributed by atoms with Crippen LogP contribution in [0, 0.1) is 0 Å². The quantitative estimate of drug-likeness (QED) is 0.849. The number of ether oxygens (including phenoxy) is 1. The zero-order chi connectivity index (χ0) is 13.7. The molecule has 1 aliphatic heterocycles. The normalized spacial score (nSPS) is 19.2. The van der Waals surface area contributed by atoms with Gasteiger partial charge < -0.3 is 15.0 Å². The van der Waals surface area contributed by atoms with Crippen molar-refractivity contribution >= 4 is 5.82 Å². The molecule has 5 heteroatoms. The minimum Gasteiger partial charge on any atom is -0.474 e. The molecule has 2 heterocycles. The second-order valence-electron chi connectivity index (χ2n) is 5.18. The standard InChI is InChI=1S/C14H24N4O/c1-4-15-8-12-6-5-7-18(12)13-9-16-10-14(17-13)19-11(2)3/h9-12,15H,4-8H2,1-3H3. The van der Waals surface area contributed by atoms with Crippen molar-refractivity contribution in [3.63, 3.8) is 0 Å². The van der Waals surface area contributed by atoms with Crippen LogP contribution < -0.4 is 15.0 Å². The van der Waals surface area contributed by atoms with E-state index in [1.807, 2.05) is 20.0 Å². The van der Waals surface area contributed by atoms with Gasteiger partial charge >= 0.3 is 0 Å². The van der Waals surface area contributed by atoms with Crippen LogP contribution in [0.3, 0.4) is 0 Å². The molecule has 0 aliphatic carbocycles. The average molecular weight is 264 g/mol. The fourth-order valence-corrected chi connectivity index (χ4v) is 2.44. The lowest BCUT2D eigenvalue weighted by atomic mass is 10.2. The van der Waals surface area contributed by atoms with E-state index in [-0.39, 0.29) is 6.10 Å². The van der Waals surface area contributed by atoms with E-state index in [4.69, 9.17) is 4.74 Å². The Morgan fingerprint density at radius 1 is 1.47 bits per heavy atom. The highest BCUT2D eigenvalue weighted by molar-refractivity contribution is 5.40. The van der Waals surface area contributed by atoms with E-state index in [1.165, 1.54) is 12.8 Å². The van der Waals surface area contributed by atoms with Crippen LogP contribution >= 0.6 is 0 Å². The van der Waals surface area contributed by atoms with Gasteiger partial charge in [0.2, 0.25) is 5.88 Å². The van der Waals surface area contributed by atoms with Gasteiger partial charge in [-0.2, -0.15) is 4.98 Å². The predicted molar refractivity (Wildman–Crippen MR) is 76.7 cm³/mol. The number of hydrogen-bond acceptors (Lipinski definition) is 5. The van der Waals surface area contributed by atoms with Crippen LogP contribution in [0.15, 0.2) is 12.4 Å². The molecule has 0 radical (unpaired) electrons. The van der Waals surface area contributed by atoms with E-state index in [9.17, 15) is 0 Å². The highest BCUT2D eigenvalue weighted by atomic mass is 16.5. The Morgan fingerprint density at radius 2 is 2.32 bits per heavy atom. The van der Waals surface area contributed by atoms with Gasteiger partial charge in [0.1, 0.15) is 0 Å². The summed E-state index contributed by atoms with van der Waals surface area (Å²) in [5, 5.41) is 3.42. The number of nitrogens with zero attached hydrogens (tertiary/aromatic N) is 3. The van der Waals surface area contributed by atoms with Gasteiger partial charge in [0.15, 0.2) is 5.82 Å². The third kappa shape index (κ3) is 3.80. The van der Waals surface area contributed by atoms with E-state index in [0.29, 0.717) is 11.9 Å². The van der Waals surface area contributed by atoms with Crippen LogP contribution in [-0.4, -0.2) is 41.7 Å². The first-order valence-corrected chi connectivity index (χ1v) is 7.16. The number of nitrogens with one attached hydrogen (secondary N) is 1. The van der Waals surface area contributed by atoms with Crippen LogP contribution in [-0.2, 0) is 0 Å². The lowest BCUT2D eigenvalue weighted by Gasteiger charge is -2.26. The van der Waals surface area contributed by atoms with Crippen molar-refractivity contribution < 1.29 is 4.74 Å². The molecule has 1 N–H and O–H groups in total. The van der Waals surface area contributed by atoms with Crippen molar-refractivity contribution in [1.82, 2.24) is 15.3 Å². The highest BCUT2D eigenvalue weighted by Crippen LogP contribution is 2.24. The molecule has 1 saturated heterocycles. The molecule has 19 heavy (non-hydrogen) atoms. The van der Waals surface area contributed by atoms with Crippen molar-refractivity contribution in [3.05, 3.63) is 12.4 Å². The molecule has 0 amide bonds. The molecule has 2 rings (SSSR count). The largest absolute Gasteiger partial charge is 0.474 e. The maximum Gasteiger partial charge on any atom is 0.234 e. The van der Waals surface area contributed by atoms with Crippen LogP contribution in [0.5, 0.6) is 5.88 Å². The predicted octanol–water partition coefficient (Wildman–Crippen LogP) is 1.84. The van der Waals surface area contributed by atoms with Gasteiger partial charge in [-0.05, 0) is 33.2 Å². The molecule has 1 atom stereocenters. The van der Waals surface area contributed by atoms with Gasteiger partial charge in [-0.25, -0.2) is 0 Å². The summed E-state index contributed by atoms with van der Waals surface area (Å²) >= 11 is 0. The van der Waals surface area contributed by atoms with Gasteiger partial charge in [0, 0.05) is 19.1 Å². The first kappa shape index (κ1) is 14.1. The molecule has 1 aromatic rings. The third-order valence-electron chi connectivity index (χ3n) is 3.26. The molecular weight excluding hydrogens is 240 g/mol. The summed E-state index contributed by atoms with van der Waals surface area (Å²) in [6, 6.07) is 0.517. The summed E-state index contributed by atoms with van der Waals surface area (Å²) in [6.45, 7) is 9.20.